The van der Waals surface area contributed by atoms with E-state index in [4.69, 9.17) is 5.11 Å². The van der Waals surface area contributed by atoms with E-state index in [0.717, 1.165) is 24.2 Å². The van der Waals surface area contributed by atoms with Crippen LogP contribution in [0.4, 0.5) is 0 Å². The Bertz CT molecular complexity index is 198. The second-order valence-corrected chi connectivity index (χ2v) is 5.07. The van der Waals surface area contributed by atoms with Crippen molar-refractivity contribution < 1.29 is 9.90 Å². The van der Waals surface area contributed by atoms with E-state index in [1.807, 2.05) is 0 Å². The van der Waals surface area contributed by atoms with Crippen LogP contribution in [0.1, 0.15) is 51.4 Å². The van der Waals surface area contributed by atoms with Gasteiger partial charge in [0, 0.05) is 6.42 Å². The highest BCUT2D eigenvalue weighted by Crippen LogP contribution is 2.46. The average molecular weight is 196 g/mol. The van der Waals surface area contributed by atoms with E-state index < -0.39 is 5.97 Å². The van der Waals surface area contributed by atoms with E-state index >= 15 is 0 Å². The van der Waals surface area contributed by atoms with Crippen molar-refractivity contribution in [1.82, 2.24) is 0 Å². The van der Waals surface area contributed by atoms with Crippen molar-refractivity contribution >= 4 is 5.97 Å². The molecule has 0 saturated heterocycles. The van der Waals surface area contributed by atoms with Gasteiger partial charge in [0.2, 0.25) is 0 Å². The van der Waals surface area contributed by atoms with Gasteiger partial charge in [-0.3, -0.25) is 4.79 Å². The van der Waals surface area contributed by atoms with Crippen molar-refractivity contribution in [2.24, 2.45) is 17.8 Å². The summed E-state index contributed by atoms with van der Waals surface area (Å²) in [4.78, 5) is 10.5. The number of rotatable bonds is 3. The lowest BCUT2D eigenvalue weighted by atomic mass is 9.82. The maximum Gasteiger partial charge on any atom is 0.303 e. The van der Waals surface area contributed by atoms with Crippen LogP contribution in [0, 0.1) is 17.8 Å². The first-order chi connectivity index (χ1) is 6.75. The molecule has 0 amide bonds. The highest BCUT2D eigenvalue weighted by atomic mass is 16.4. The fourth-order valence-corrected chi connectivity index (χ4v) is 3.42. The van der Waals surface area contributed by atoms with Gasteiger partial charge in [0.05, 0.1) is 0 Å². The molecule has 2 nitrogen and oxygen atoms in total. The average Bonchev–Trinajstić information content (AvgIpc) is 2.57. The smallest absolute Gasteiger partial charge is 0.303 e. The topological polar surface area (TPSA) is 37.3 Å². The zero-order chi connectivity index (χ0) is 9.97. The van der Waals surface area contributed by atoms with E-state index in [-0.39, 0.29) is 0 Å². The Morgan fingerprint density at radius 1 is 1.14 bits per heavy atom. The van der Waals surface area contributed by atoms with Crippen molar-refractivity contribution in [2.45, 2.75) is 51.4 Å². The zero-order valence-electron chi connectivity index (χ0n) is 8.74. The summed E-state index contributed by atoms with van der Waals surface area (Å²) < 4.78 is 0. The van der Waals surface area contributed by atoms with Crippen LogP contribution in [0.25, 0.3) is 0 Å². The van der Waals surface area contributed by atoms with Gasteiger partial charge in [0.15, 0.2) is 0 Å². The molecule has 0 aromatic rings. The lowest BCUT2D eigenvalue weighted by molar-refractivity contribution is -0.137. The minimum Gasteiger partial charge on any atom is -0.481 e. The Morgan fingerprint density at radius 2 is 1.71 bits per heavy atom. The number of hydrogen-bond donors (Lipinski definition) is 1. The molecule has 0 bridgehead atoms. The van der Waals surface area contributed by atoms with Crippen LogP contribution >= 0.6 is 0 Å². The fraction of sp³-hybridized carbons (Fsp3) is 0.917. The molecule has 2 unspecified atom stereocenters. The van der Waals surface area contributed by atoms with E-state index in [2.05, 4.69) is 0 Å². The van der Waals surface area contributed by atoms with Gasteiger partial charge < -0.3 is 5.11 Å². The van der Waals surface area contributed by atoms with E-state index in [0.29, 0.717) is 6.42 Å². The van der Waals surface area contributed by atoms with Gasteiger partial charge in [0.25, 0.3) is 0 Å². The molecule has 2 aliphatic rings. The molecule has 2 aliphatic carbocycles. The Balaban J connectivity index is 1.78. The Hall–Kier alpha value is -0.530. The molecular weight excluding hydrogens is 176 g/mol. The fourth-order valence-electron chi connectivity index (χ4n) is 3.42. The molecular formula is C12H20O2. The van der Waals surface area contributed by atoms with Crippen LogP contribution in [-0.4, -0.2) is 11.1 Å². The second kappa shape index (κ2) is 4.33. The normalized spacial score (nSPS) is 36.7. The molecule has 0 spiro atoms. The molecule has 1 N–H and O–H groups in total. The van der Waals surface area contributed by atoms with Crippen LogP contribution < -0.4 is 0 Å². The molecule has 80 valence electrons. The summed E-state index contributed by atoms with van der Waals surface area (Å²) in [6.07, 6.45) is 9.57. The molecule has 0 heterocycles. The summed E-state index contributed by atoms with van der Waals surface area (Å²) >= 11 is 0. The summed E-state index contributed by atoms with van der Waals surface area (Å²) in [6.45, 7) is 0. The quantitative estimate of drug-likeness (QED) is 0.753. The Kier molecular flexibility index (Phi) is 3.09. The summed E-state index contributed by atoms with van der Waals surface area (Å²) in [5.74, 6) is 1.99. The summed E-state index contributed by atoms with van der Waals surface area (Å²) in [5, 5.41) is 8.63. The first kappa shape index (κ1) is 10.0. The van der Waals surface area contributed by atoms with E-state index in [1.165, 1.54) is 38.5 Å². The van der Waals surface area contributed by atoms with Crippen molar-refractivity contribution in [3.8, 4) is 0 Å². The predicted molar refractivity (Wildman–Crippen MR) is 55.0 cm³/mol. The minimum absolute atomic E-state index is 0.379. The molecule has 0 radical (unpaired) electrons. The van der Waals surface area contributed by atoms with Crippen LogP contribution in [0.3, 0.4) is 0 Å². The number of hydrogen-bond acceptors (Lipinski definition) is 1. The van der Waals surface area contributed by atoms with Gasteiger partial charge in [-0.1, -0.05) is 25.7 Å². The second-order valence-electron chi connectivity index (χ2n) is 5.07. The maximum atomic E-state index is 10.5. The first-order valence-corrected chi connectivity index (χ1v) is 5.97. The van der Waals surface area contributed by atoms with Crippen LogP contribution in [0.5, 0.6) is 0 Å². The molecule has 2 rings (SSSR count). The van der Waals surface area contributed by atoms with Gasteiger partial charge in [-0.25, -0.2) is 0 Å². The minimum atomic E-state index is -0.625. The van der Waals surface area contributed by atoms with Gasteiger partial charge in [0.1, 0.15) is 0 Å². The Morgan fingerprint density at radius 3 is 2.21 bits per heavy atom. The third-order valence-corrected chi connectivity index (χ3v) is 4.11. The lowest BCUT2D eigenvalue weighted by Gasteiger charge is -2.24. The Labute approximate surface area is 85.7 Å². The summed E-state index contributed by atoms with van der Waals surface area (Å²) in [7, 11) is 0. The van der Waals surface area contributed by atoms with Gasteiger partial charge in [-0.2, -0.15) is 0 Å². The van der Waals surface area contributed by atoms with Crippen molar-refractivity contribution in [2.75, 3.05) is 0 Å². The predicted octanol–water partition coefficient (Wildman–Crippen LogP) is 3.07. The third kappa shape index (κ3) is 2.28. The van der Waals surface area contributed by atoms with E-state index in [1.54, 1.807) is 0 Å². The van der Waals surface area contributed by atoms with Crippen LogP contribution in [0.2, 0.25) is 0 Å². The molecule has 2 heteroatoms. The number of fused-ring (bicyclic) bond motifs is 1. The molecule has 2 fully saturated rings. The number of aliphatic carboxylic acids is 1. The molecule has 0 aliphatic heterocycles. The number of carboxylic acids is 1. The summed E-state index contributed by atoms with van der Waals surface area (Å²) in [6, 6.07) is 0. The third-order valence-electron chi connectivity index (χ3n) is 4.11. The van der Waals surface area contributed by atoms with Gasteiger partial charge in [-0.05, 0) is 37.0 Å². The largest absolute Gasteiger partial charge is 0.481 e. The van der Waals surface area contributed by atoms with E-state index in [9.17, 15) is 4.79 Å². The lowest BCUT2D eigenvalue weighted by Crippen LogP contribution is -2.12. The van der Waals surface area contributed by atoms with Crippen molar-refractivity contribution in [1.29, 1.82) is 0 Å². The SMILES string of the molecule is O=C(O)CCC1CC2CCCCC2C1. The van der Waals surface area contributed by atoms with Crippen LogP contribution in [0.15, 0.2) is 0 Å². The van der Waals surface area contributed by atoms with Gasteiger partial charge in [-0.15, -0.1) is 0 Å². The zero-order valence-corrected chi connectivity index (χ0v) is 8.74. The van der Waals surface area contributed by atoms with Crippen LogP contribution in [-0.2, 0) is 4.79 Å². The number of carbonyl (C=O) groups is 1. The maximum absolute atomic E-state index is 10.5. The van der Waals surface area contributed by atoms with Gasteiger partial charge >= 0.3 is 5.97 Å². The molecule has 0 aromatic heterocycles. The van der Waals surface area contributed by atoms with Crippen molar-refractivity contribution in [3.63, 3.8) is 0 Å². The highest BCUT2D eigenvalue weighted by molar-refractivity contribution is 5.66. The highest BCUT2D eigenvalue weighted by Gasteiger charge is 2.35. The monoisotopic (exact) mass is 196 g/mol. The number of carboxylic acid groups (broad SMARTS) is 1. The molecule has 0 aromatic carbocycles. The molecule has 2 atom stereocenters. The molecule has 14 heavy (non-hydrogen) atoms. The van der Waals surface area contributed by atoms with Crippen molar-refractivity contribution in [3.05, 3.63) is 0 Å². The molecule has 2 saturated carbocycles. The summed E-state index contributed by atoms with van der Waals surface area (Å²) in [5.41, 5.74) is 0. The first-order valence-electron chi connectivity index (χ1n) is 5.97. The standard InChI is InChI=1S/C12H20O2/c13-12(14)6-5-9-7-10-3-1-2-4-11(10)8-9/h9-11H,1-8H2,(H,13,14).